The zero-order valence-electron chi connectivity index (χ0n) is 9.06. The summed E-state index contributed by atoms with van der Waals surface area (Å²) in [5.41, 5.74) is 1.13. The van der Waals surface area contributed by atoms with Crippen molar-refractivity contribution in [1.82, 2.24) is 9.78 Å². The van der Waals surface area contributed by atoms with Crippen LogP contribution < -0.4 is 0 Å². The molecule has 1 aliphatic carbocycles. The quantitative estimate of drug-likeness (QED) is 0.548. The number of aldehydes is 1. The Balaban J connectivity index is 1.88. The molecule has 0 saturated heterocycles. The van der Waals surface area contributed by atoms with Crippen LogP contribution >= 0.6 is 0 Å². The van der Waals surface area contributed by atoms with Crippen molar-refractivity contribution in [2.24, 2.45) is 0 Å². The summed E-state index contributed by atoms with van der Waals surface area (Å²) in [4.78, 5) is 10.2. The summed E-state index contributed by atoms with van der Waals surface area (Å²) < 4.78 is 2.11. The largest absolute Gasteiger partial charge is 0.303 e. The van der Waals surface area contributed by atoms with E-state index in [0.717, 1.165) is 24.8 Å². The third-order valence-electron chi connectivity index (χ3n) is 3.12. The summed E-state index contributed by atoms with van der Waals surface area (Å²) >= 11 is 0. The monoisotopic (exact) mass is 206 g/mol. The van der Waals surface area contributed by atoms with Gasteiger partial charge in [-0.1, -0.05) is 12.8 Å². The van der Waals surface area contributed by atoms with Crippen molar-refractivity contribution in [2.45, 2.75) is 51.0 Å². The summed E-state index contributed by atoms with van der Waals surface area (Å²) in [7, 11) is 0. The molecule has 82 valence electrons. The first-order valence-corrected chi connectivity index (χ1v) is 5.88. The van der Waals surface area contributed by atoms with E-state index in [2.05, 4.69) is 22.0 Å². The maximum absolute atomic E-state index is 10.2. The first-order chi connectivity index (χ1) is 7.40. The molecular formula is C12H18N2O. The van der Waals surface area contributed by atoms with Crippen molar-refractivity contribution in [2.75, 3.05) is 0 Å². The average Bonchev–Trinajstić information content (AvgIpc) is 2.87. The standard InChI is InChI=1S/C12H18N2O/c15-10-4-3-5-11-8-9-14(13-11)12-6-1-2-7-12/h8-10,12H,1-7H2. The molecule has 0 aromatic carbocycles. The van der Waals surface area contributed by atoms with Crippen molar-refractivity contribution in [3.63, 3.8) is 0 Å². The van der Waals surface area contributed by atoms with Gasteiger partial charge < -0.3 is 4.79 Å². The van der Waals surface area contributed by atoms with Crippen LogP contribution in [0.3, 0.4) is 0 Å². The van der Waals surface area contributed by atoms with Gasteiger partial charge in [0, 0.05) is 12.6 Å². The van der Waals surface area contributed by atoms with Crippen LogP contribution in [-0.2, 0) is 11.2 Å². The van der Waals surface area contributed by atoms with E-state index in [1.54, 1.807) is 0 Å². The van der Waals surface area contributed by atoms with E-state index < -0.39 is 0 Å². The van der Waals surface area contributed by atoms with Crippen LogP contribution in [0.4, 0.5) is 0 Å². The molecule has 0 N–H and O–H groups in total. The van der Waals surface area contributed by atoms with Gasteiger partial charge in [-0.3, -0.25) is 4.68 Å². The fourth-order valence-corrected chi connectivity index (χ4v) is 2.25. The topological polar surface area (TPSA) is 34.9 Å². The van der Waals surface area contributed by atoms with Crippen molar-refractivity contribution >= 4 is 6.29 Å². The van der Waals surface area contributed by atoms with Gasteiger partial charge in [-0.25, -0.2) is 0 Å². The fraction of sp³-hybridized carbons (Fsp3) is 0.667. The molecule has 1 aliphatic rings. The average molecular weight is 206 g/mol. The predicted octanol–water partition coefficient (Wildman–Crippen LogP) is 2.52. The Hall–Kier alpha value is -1.12. The number of nitrogens with zero attached hydrogens (tertiary/aromatic N) is 2. The zero-order chi connectivity index (χ0) is 10.5. The van der Waals surface area contributed by atoms with Crippen LogP contribution in [0, 0.1) is 0 Å². The second-order valence-electron chi connectivity index (χ2n) is 4.28. The van der Waals surface area contributed by atoms with Gasteiger partial charge in [0.15, 0.2) is 0 Å². The normalized spacial score (nSPS) is 17.1. The van der Waals surface area contributed by atoms with Gasteiger partial charge in [0.25, 0.3) is 0 Å². The van der Waals surface area contributed by atoms with Gasteiger partial charge in [-0.05, 0) is 31.7 Å². The molecule has 3 heteroatoms. The minimum atomic E-state index is 0.629. The first-order valence-electron chi connectivity index (χ1n) is 5.88. The van der Waals surface area contributed by atoms with Crippen LogP contribution in [0.2, 0.25) is 0 Å². The van der Waals surface area contributed by atoms with Crippen molar-refractivity contribution in [1.29, 1.82) is 0 Å². The Labute approximate surface area is 90.5 Å². The maximum Gasteiger partial charge on any atom is 0.120 e. The highest BCUT2D eigenvalue weighted by atomic mass is 16.1. The third kappa shape index (κ3) is 2.67. The molecule has 0 amide bonds. The number of hydrogen-bond donors (Lipinski definition) is 0. The predicted molar refractivity (Wildman–Crippen MR) is 58.7 cm³/mol. The number of hydrogen-bond acceptors (Lipinski definition) is 2. The summed E-state index contributed by atoms with van der Waals surface area (Å²) in [5, 5.41) is 4.56. The van der Waals surface area contributed by atoms with Gasteiger partial charge in [0.1, 0.15) is 6.29 Å². The number of aryl methyl sites for hydroxylation is 1. The third-order valence-corrected chi connectivity index (χ3v) is 3.12. The van der Waals surface area contributed by atoms with Gasteiger partial charge in [-0.15, -0.1) is 0 Å². The lowest BCUT2D eigenvalue weighted by molar-refractivity contribution is -0.107. The molecule has 0 radical (unpaired) electrons. The maximum atomic E-state index is 10.2. The molecule has 15 heavy (non-hydrogen) atoms. The smallest absolute Gasteiger partial charge is 0.120 e. The molecule has 2 rings (SSSR count). The number of unbranched alkanes of at least 4 members (excludes halogenated alkanes) is 1. The highest BCUT2D eigenvalue weighted by Gasteiger charge is 2.17. The van der Waals surface area contributed by atoms with E-state index >= 15 is 0 Å². The lowest BCUT2D eigenvalue weighted by Crippen LogP contribution is -2.05. The van der Waals surface area contributed by atoms with Gasteiger partial charge >= 0.3 is 0 Å². The van der Waals surface area contributed by atoms with Gasteiger partial charge in [-0.2, -0.15) is 5.10 Å². The molecule has 0 spiro atoms. The van der Waals surface area contributed by atoms with Crippen LogP contribution in [0.5, 0.6) is 0 Å². The Kier molecular flexibility index (Phi) is 3.54. The van der Waals surface area contributed by atoms with E-state index in [-0.39, 0.29) is 0 Å². The molecule has 3 nitrogen and oxygen atoms in total. The molecular weight excluding hydrogens is 188 g/mol. The minimum Gasteiger partial charge on any atom is -0.303 e. The van der Waals surface area contributed by atoms with Crippen molar-refractivity contribution in [3.05, 3.63) is 18.0 Å². The molecule has 1 saturated carbocycles. The number of aromatic nitrogens is 2. The molecule has 1 heterocycles. The summed E-state index contributed by atoms with van der Waals surface area (Å²) in [6.07, 6.45) is 10.8. The zero-order valence-corrected chi connectivity index (χ0v) is 9.06. The SMILES string of the molecule is O=CCCCc1ccn(C2CCCC2)n1. The van der Waals surface area contributed by atoms with E-state index in [0.29, 0.717) is 12.5 Å². The highest BCUT2D eigenvalue weighted by molar-refractivity contribution is 5.49. The Morgan fingerprint density at radius 1 is 1.47 bits per heavy atom. The second kappa shape index (κ2) is 5.10. The lowest BCUT2D eigenvalue weighted by atomic mass is 10.2. The van der Waals surface area contributed by atoms with E-state index in [9.17, 15) is 4.79 Å². The van der Waals surface area contributed by atoms with E-state index in [4.69, 9.17) is 0 Å². The Bertz CT molecular complexity index is 313. The van der Waals surface area contributed by atoms with Crippen LogP contribution in [-0.4, -0.2) is 16.1 Å². The first kappa shape index (κ1) is 10.4. The highest BCUT2D eigenvalue weighted by Crippen LogP contribution is 2.28. The minimum absolute atomic E-state index is 0.629. The Morgan fingerprint density at radius 2 is 2.27 bits per heavy atom. The molecule has 0 bridgehead atoms. The van der Waals surface area contributed by atoms with Crippen LogP contribution in [0.1, 0.15) is 50.3 Å². The van der Waals surface area contributed by atoms with Gasteiger partial charge in [0.2, 0.25) is 0 Å². The summed E-state index contributed by atoms with van der Waals surface area (Å²) in [6, 6.07) is 2.72. The van der Waals surface area contributed by atoms with Crippen molar-refractivity contribution in [3.8, 4) is 0 Å². The lowest BCUT2D eigenvalue weighted by Gasteiger charge is -2.08. The Morgan fingerprint density at radius 3 is 3.00 bits per heavy atom. The number of carbonyl (C=O) groups excluding carboxylic acids is 1. The van der Waals surface area contributed by atoms with Crippen LogP contribution in [0.15, 0.2) is 12.3 Å². The number of rotatable bonds is 5. The summed E-state index contributed by atoms with van der Waals surface area (Å²) in [6.45, 7) is 0. The van der Waals surface area contributed by atoms with E-state index in [1.165, 1.54) is 25.7 Å². The van der Waals surface area contributed by atoms with Crippen LogP contribution in [0.25, 0.3) is 0 Å². The number of carbonyl (C=O) groups is 1. The van der Waals surface area contributed by atoms with Gasteiger partial charge in [0.05, 0.1) is 11.7 Å². The summed E-state index contributed by atoms with van der Waals surface area (Å²) in [5.74, 6) is 0. The second-order valence-corrected chi connectivity index (χ2v) is 4.28. The van der Waals surface area contributed by atoms with E-state index in [1.807, 2.05) is 0 Å². The molecule has 0 atom stereocenters. The van der Waals surface area contributed by atoms with Crippen molar-refractivity contribution < 1.29 is 4.79 Å². The molecule has 1 aromatic heterocycles. The molecule has 1 fully saturated rings. The fourth-order valence-electron chi connectivity index (χ4n) is 2.25. The molecule has 0 unspecified atom stereocenters. The molecule has 0 aliphatic heterocycles. The molecule has 1 aromatic rings.